The molecule has 0 saturated heterocycles. The summed E-state index contributed by atoms with van der Waals surface area (Å²) in [7, 11) is 0. The highest BCUT2D eigenvalue weighted by Crippen LogP contribution is 2.29. The number of hydrogen-bond acceptors (Lipinski definition) is 4. The molecule has 1 fully saturated rings. The average molecular weight is 501 g/mol. The van der Waals surface area contributed by atoms with Crippen LogP contribution in [0.1, 0.15) is 75.4 Å². The van der Waals surface area contributed by atoms with Crippen molar-refractivity contribution >= 4 is 34.4 Å². The lowest BCUT2D eigenvalue weighted by Crippen LogP contribution is -2.17. The van der Waals surface area contributed by atoms with Crippen LogP contribution in [0.25, 0.3) is 22.3 Å². The molecule has 2 heterocycles. The Morgan fingerprint density at radius 2 is 1.62 bits per heavy atom. The quantitative estimate of drug-likeness (QED) is 0.205. The molecule has 0 aliphatic heterocycles. The fraction of sp³-hybridized carbons (Fsp3) is 0.286. The molecule has 1 aliphatic rings. The first-order chi connectivity index (χ1) is 17.9. The normalized spacial score (nSPS) is 14.4. The number of hydrogen-bond donors (Lipinski definition) is 5. The van der Waals surface area contributed by atoms with Crippen LogP contribution in [0.5, 0.6) is 0 Å². The number of carbonyl (C=O) groups is 3. The van der Waals surface area contributed by atoms with Gasteiger partial charge in [0.2, 0.25) is 0 Å². The van der Waals surface area contributed by atoms with Crippen LogP contribution in [0.3, 0.4) is 0 Å². The number of carbonyl (C=O) groups excluding carboxylic acids is 1. The molecule has 5 rings (SSSR count). The molecule has 37 heavy (non-hydrogen) atoms. The topological polar surface area (TPSA) is 148 Å². The molecule has 190 valence electrons. The largest absolute Gasteiger partial charge is 0.478 e. The smallest absolute Gasteiger partial charge is 0.335 e. The molecule has 5 N–H and O–H groups in total. The number of rotatable bonds is 7. The zero-order chi connectivity index (χ0) is 25.9. The molecule has 0 atom stereocenters. The fourth-order valence-corrected chi connectivity index (χ4v) is 5.08. The zero-order valence-electron chi connectivity index (χ0n) is 20.2. The van der Waals surface area contributed by atoms with Crippen LogP contribution in [0.2, 0.25) is 0 Å². The first kappa shape index (κ1) is 24.3. The second-order valence-corrected chi connectivity index (χ2v) is 9.62. The van der Waals surface area contributed by atoms with Crippen molar-refractivity contribution in [3.8, 4) is 11.4 Å². The van der Waals surface area contributed by atoms with Crippen molar-refractivity contribution in [2.75, 3.05) is 5.32 Å². The van der Waals surface area contributed by atoms with Gasteiger partial charge < -0.3 is 25.5 Å². The maximum absolute atomic E-state index is 13.4. The number of anilines is 1. The van der Waals surface area contributed by atoms with Gasteiger partial charge in [-0.25, -0.2) is 14.6 Å². The molecule has 1 aliphatic carbocycles. The van der Waals surface area contributed by atoms with Crippen LogP contribution >= 0.6 is 0 Å². The molecule has 0 bridgehead atoms. The monoisotopic (exact) mass is 500 g/mol. The van der Waals surface area contributed by atoms with Crippen molar-refractivity contribution in [3.05, 3.63) is 71.2 Å². The van der Waals surface area contributed by atoms with Gasteiger partial charge in [0.05, 0.1) is 11.1 Å². The van der Waals surface area contributed by atoms with Gasteiger partial charge in [-0.05, 0) is 54.8 Å². The number of aromatic nitrogens is 3. The highest BCUT2D eigenvalue weighted by atomic mass is 16.4. The molecule has 1 amide bonds. The summed E-state index contributed by atoms with van der Waals surface area (Å²) in [6.07, 6.45) is 9.50. The lowest BCUT2D eigenvalue weighted by Gasteiger charge is -2.14. The molecule has 1 saturated carbocycles. The molecule has 0 radical (unpaired) electrons. The molecular weight excluding hydrogens is 472 g/mol. The van der Waals surface area contributed by atoms with Crippen LogP contribution in [-0.2, 0) is 6.42 Å². The predicted molar refractivity (Wildman–Crippen MR) is 139 cm³/mol. The van der Waals surface area contributed by atoms with E-state index in [0.29, 0.717) is 18.2 Å². The number of carboxylic acids is 2. The van der Waals surface area contributed by atoms with Crippen molar-refractivity contribution in [2.24, 2.45) is 5.92 Å². The van der Waals surface area contributed by atoms with Crippen LogP contribution in [0.15, 0.2) is 48.7 Å². The third-order valence-corrected chi connectivity index (χ3v) is 6.97. The number of aromatic amines is 2. The number of nitrogens with one attached hydrogen (secondary N) is 3. The average Bonchev–Trinajstić information content (AvgIpc) is 3.44. The minimum absolute atomic E-state index is 0.0843. The third kappa shape index (κ3) is 5.40. The van der Waals surface area contributed by atoms with E-state index in [1.54, 1.807) is 0 Å². The first-order valence-corrected chi connectivity index (χ1v) is 12.5. The molecule has 2 aromatic carbocycles. The number of benzene rings is 2. The Morgan fingerprint density at radius 1 is 0.919 bits per heavy atom. The minimum atomic E-state index is -1.28. The van der Waals surface area contributed by atoms with E-state index in [-0.39, 0.29) is 22.5 Å². The van der Waals surface area contributed by atoms with Crippen LogP contribution in [-0.4, -0.2) is 43.0 Å². The molecule has 4 aromatic rings. The Bertz CT molecular complexity index is 1440. The number of nitrogens with zero attached hydrogens (tertiary/aromatic N) is 1. The Hall–Kier alpha value is -4.40. The van der Waals surface area contributed by atoms with Crippen molar-refractivity contribution < 1.29 is 24.6 Å². The summed E-state index contributed by atoms with van der Waals surface area (Å²) < 4.78 is 0. The highest BCUT2D eigenvalue weighted by Gasteiger charge is 2.23. The summed E-state index contributed by atoms with van der Waals surface area (Å²) in [4.78, 5) is 47.6. The van der Waals surface area contributed by atoms with Crippen molar-refractivity contribution in [2.45, 2.75) is 44.9 Å². The summed E-state index contributed by atoms with van der Waals surface area (Å²) in [5.74, 6) is -2.08. The van der Waals surface area contributed by atoms with E-state index in [0.717, 1.165) is 53.9 Å². The van der Waals surface area contributed by atoms with E-state index >= 15 is 0 Å². The number of H-pyrrole nitrogens is 2. The molecule has 0 unspecified atom stereocenters. The number of carboxylic acid groups (broad SMARTS) is 2. The van der Waals surface area contributed by atoms with E-state index in [1.807, 2.05) is 30.5 Å². The van der Waals surface area contributed by atoms with E-state index in [1.165, 1.54) is 25.0 Å². The van der Waals surface area contributed by atoms with Gasteiger partial charge in [0.1, 0.15) is 11.5 Å². The maximum atomic E-state index is 13.4. The lowest BCUT2D eigenvalue weighted by molar-refractivity contribution is 0.0696. The van der Waals surface area contributed by atoms with E-state index in [9.17, 15) is 24.6 Å². The minimum Gasteiger partial charge on any atom is -0.478 e. The first-order valence-electron chi connectivity index (χ1n) is 12.5. The zero-order valence-corrected chi connectivity index (χ0v) is 20.2. The lowest BCUT2D eigenvalue weighted by atomic mass is 9.94. The summed E-state index contributed by atoms with van der Waals surface area (Å²) in [5, 5.41) is 22.5. The fourth-order valence-electron chi connectivity index (χ4n) is 5.08. The number of imidazole rings is 1. The summed E-state index contributed by atoms with van der Waals surface area (Å²) in [6.45, 7) is 0. The summed E-state index contributed by atoms with van der Waals surface area (Å²) in [5.41, 5.74) is 2.43. The molecule has 9 heteroatoms. The molecule has 0 spiro atoms. The second-order valence-electron chi connectivity index (χ2n) is 9.62. The van der Waals surface area contributed by atoms with Gasteiger partial charge in [-0.3, -0.25) is 4.79 Å². The summed E-state index contributed by atoms with van der Waals surface area (Å²) in [6, 6.07) is 11.4. The Balaban J connectivity index is 1.50. The Labute approximate surface area is 212 Å². The van der Waals surface area contributed by atoms with Gasteiger partial charge >= 0.3 is 11.9 Å². The SMILES string of the molecule is O=C(O)c1cc(NC(=O)c2nc(-c3ccc4[nH]ccc4c3)[nH]c2CC2CCCCCC2)cc(C(=O)O)c1. The van der Waals surface area contributed by atoms with Crippen LogP contribution < -0.4 is 5.32 Å². The number of amides is 1. The van der Waals surface area contributed by atoms with Crippen molar-refractivity contribution in [3.63, 3.8) is 0 Å². The van der Waals surface area contributed by atoms with Crippen molar-refractivity contribution in [1.82, 2.24) is 15.0 Å². The van der Waals surface area contributed by atoms with E-state index in [2.05, 4.69) is 20.3 Å². The molecule has 2 aromatic heterocycles. The summed E-state index contributed by atoms with van der Waals surface area (Å²) >= 11 is 0. The molecule has 9 nitrogen and oxygen atoms in total. The highest BCUT2D eigenvalue weighted by molar-refractivity contribution is 6.05. The predicted octanol–water partition coefficient (Wildman–Crippen LogP) is 5.72. The standard InChI is InChI=1S/C28H28N4O5/c33-26(30-21-14-19(27(34)35)13-20(15-21)28(36)37)24-23(11-16-5-3-1-2-4-6-16)31-25(32-24)18-7-8-22-17(12-18)9-10-29-22/h7-10,12-16,29H,1-6,11H2,(H,30,33)(H,31,32)(H,34,35)(H,36,37). The van der Waals surface area contributed by atoms with E-state index in [4.69, 9.17) is 0 Å². The maximum Gasteiger partial charge on any atom is 0.335 e. The molecular formula is C28H28N4O5. The number of aromatic carboxylic acids is 2. The van der Waals surface area contributed by atoms with Crippen LogP contribution in [0, 0.1) is 5.92 Å². The van der Waals surface area contributed by atoms with Gasteiger partial charge in [0.15, 0.2) is 0 Å². The van der Waals surface area contributed by atoms with Gasteiger partial charge in [0.25, 0.3) is 5.91 Å². The number of fused-ring (bicyclic) bond motifs is 1. The van der Waals surface area contributed by atoms with Gasteiger partial charge in [-0.2, -0.15) is 0 Å². The van der Waals surface area contributed by atoms with Gasteiger partial charge in [0, 0.05) is 34.0 Å². The van der Waals surface area contributed by atoms with Crippen LogP contribution in [0.4, 0.5) is 5.69 Å². The van der Waals surface area contributed by atoms with Gasteiger partial charge in [-0.15, -0.1) is 0 Å². The third-order valence-electron chi connectivity index (χ3n) is 6.97. The Kier molecular flexibility index (Phi) is 6.76. The van der Waals surface area contributed by atoms with E-state index < -0.39 is 17.8 Å². The van der Waals surface area contributed by atoms with Gasteiger partial charge in [-0.1, -0.05) is 38.5 Å². The Morgan fingerprint density at radius 3 is 2.30 bits per heavy atom. The second kappa shape index (κ2) is 10.3. The van der Waals surface area contributed by atoms with Crippen molar-refractivity contribution in [1.29, 1.82) is 0 Å².